The van der Waals surface area contributed by atoms with Crippen LogP contribution in [0.1, 0.15) is 150 Å². The van der Waals surface area contributed by atoms with Crippen molar-refractivity contribution in [2.75, 3.05) is 12.0 Å². The number of hydrogen-bond acceptors (Lipinski definition) is 4. The predicted molar refractivity (Wildman–Crippen MR) is 160 cm³/mol. The monoisotopic (exact) mass is 579 g/mol. The SMILES string of the molecule is CC1OC(c2ccc(C(F)(F)F)cc2)c2c1nc1c(c2C2CCCCC2)[C@@H](O)CC(C)(C)C1.CCC.CCSC. The molecule has 2 aliphatic carbocycles. The van der Waals surface area contributed by atoms with Gasteiger partial charge in [0.2, 0.25) is 0 Å². The molecule has 224 valence electrons. The van der Waals surface area contributed by atoms with Gasteiger partial charge < -0.3 is 9.84 Å². The fourth-order valence-corrected chi connectivity index (χ4v) is 6.21. The number of fused-ring (bicyclic) bond motifs is 2. The highest BCUT2D eigenvalue weighted by molar-refractivity contribution is 7.98. The number of aliphatic hydroxyl groups is 1. The predicted octanol–water partition coefficient (Wildman–Crippen LogP) is 10.1. The zero-order chi connectivity index (χ0) is 29.7. The van der Waals surface area contributed by atoms with Crippen LogP contribution in [0.15, 0.2) is 24.3 Å². The zero-order valence-corrected chi connectivity index (χ0v) is 26.1. The maximum Gasteiger partial charge on any atom is 0.416 e. The highest BCUT2D eigenvalue weighted by atomic mass is 32.2. The van der Waals surface area contributed by atoms with E-state index in [0.717, 1.165) is 66.8 Å². The van der Waals surface area contributed by atoms with E-state index >= 15 is 0 Å². The highest BCUT2D eigenvalue weighted by Gasteiger charge is 2.43. The Morgan fingerprint density at radius 1 is 1.00 bits per heavy atom. The van der Waals surface area contributed by atoms with Crippen molar-refractivity contribution in [3.8, 4) is 0 Å². The van der Waals surface area contributed by atoms with E-state index in [4.69, 9.17) is 9.72 Å². The lowest BCUT2D eigenvalue weighted by molar-refractivity contribution is -0.137. The molecule has 1 aromatic carbocycles. The van der Waals surface area contributed by atoms with E-state index in [2.05, 4.69) is 40.9 Å². The minimum Gasteiger partial charge on any atom is -0.388 e. The molecule has 1 N–H and O–H groups in total. The molecule has 1 fully saturated rings. The number of hydrogen-bond donors (Lipinski definition) is 1. The van der Waals surface area contributed by atoms with Gasteiger partial charge in [-0.1, -0.05) is 72.4 Å². The summed E-state index contributed by atoms with van der Waals surface area (Å²) in [5, 5.41) is 11.3. The molecule has 2 unspecified atom stereocenters. The molecular weight excluding hydrogens is 531 g/mol. The Kier molecular flexibility index (Phi) is 11.6. The van der Waals surface area contributed by atoms with E-state index in [1.807, 2.05) is 18.7 Å². The van der Waals surface area contributed by atoms with Crippen molar-refractivity contribution < 1.29 is 23.0 Å². The second-order valence-electron chi connectivity index (χ2n) is 12.1. The maximum absolute atomic E-state index is 13.1. The Hall–Kier alpha value is -1.57. The molecule has 0 amide bonds. The Bertz CT molecular complexity index is 1090. The summed E-state index contributed by atoms with van der Waals surface area (Å²) in [6.07, 6.45) is 4.83. The molecule has 2 aromatic rings. The fourth-order valence-electron chi connectivity index (χ4n) is 6.21. The summed E-state index contributed by atoms with van der Waals surface area (Å²) < 4.78 is 45.7. The van der Waals surface area contributed by atoms with E-state index in [1.54, 1.807) is 0 Å². The van der Waals surface area contributed by atoms with Crippen LogP contribution in [0.25, 0.3) is 0 Å². The van der Waals surface area contributed by atoms with Gasteiger partial charge in [0.1, 0.15) is 6.10 Å². The van der Waals surface area contributed by atoms with Crippen LogP contribution >= 0.6 is 11.8 Å². The molecule has 3 nitrogen and oxygen atoms in total. The molecule has 3 atom stereocenters. The number of halogens is 3. The first-order chi connectivity index (χ1) is 18.9. The summed E-state index contributed by atoms with van der Waals surface area (Å²) >= 11 is 1.86. The van der Waals surface area contributed by atoms with Crippen molar-refractivity contribution in [1.82, 2.24) is 4.98 Å². The normalized spacial score (nSPS) is 23.7. The summed E-state index contributed by atoms with van der Waals surface area (Å²) in [4.78, 5) is 5.04. The first-order valence-electron chi connectivity index (χ1n) is 14.9. The first-order valence-corrected chi connectivity index (χ1v) is 16.3. The third kappa shape index (κ3) is 7.63. The Morgan fingerprint density at radius 2 is 1.57 bits per heavy atom. The minimum atomic E-state index is -4.37. The van der Waals surface area contributed by atoms with Crippen LogP contribution in [0.4, 0.5) is 13.2 Å². The van der Waals surface area contributed by atoms with Gasteiger partial charge in [-0.05, 0) is 79.2 Å². The molecular formula is C33H48F3NO2S. The number of nitrogens with zero attached hydrogens (tertiary/aromatic N) is 1. The van der Waals surface area contributed by atoms with Crippen molar-refractivity contribution in [3.05, 3.63) is 63.5 Å². The molecule has 2 heterocycles. The Morgan fingerprint density at radius 3 is 2.10 bits per heavy atom. The molecule has 1 saturated carbocycles. The standard InChI is InChI=1S/C27H32F3NO2.C3H8S.C3H8/c1-15-24-23(25(33-15)17-9-11-18(12-10-17)27(28,29)30)21(16-7-5-4-6-8-16)22-19(31-24)13-26(2,3)14-20(22)32;1-3-4-2;1-3-2/h9-12,15-16,20,25,32H,4-8,13-14H2,1-3H3;3H2,1-2H3;3H2,1-2H3/t15?,20-,25?;;/m0../s1. The third-order valence-corrected chi connectivity index (χ3v) is 8.56. The van der Waals surface area contributed by atoms with Crippen molar-refractivity contribution in [2.24, 2.45) is 5.41 Å². The van der Waals surface area contributed by atoms with Crippen LogP contribution in [-0.2, 0) is 17.3 Å². The van der Waals surface area contributed by atoms with E-state index in [0.29, 0.717) is 17.9 Å². The van der Waals surface area contributed by atoms with E-state index in [9.17, 15) is 18.3 Å². The fraction of sp³-hybridized carbons (Fsp3) is 0.667. The number of benzene rings is 1. The van der Waals surface area contributed by atoms with Gasteiger partial charge in [0.25, 0.3) is 0 Å². The van der Waals surface area contributed by atoms with Gasteiger partial charge in [0.15, 0.2) is 0 Å². The van der Waals surface area contributed by atoms with E-state index in [1.165, 1.54) is 36.3 Å². The van der Waals surface area contributed by atoms with Crippen molar-refractivity contribution in [2.45, 2.75) is 123 Å². The Balaban J connectivity index is 0.000000569. The lowest BCUT2D eigenvalue weighted by atomic mass is 9.69. The largest absolute Gasteiger partial charge is 0.416 e. The molecule has 7 heteroatoms. The van der Waals surface area contributed by atoms with Crippen molar-refractivity contribution in [3.63, 3.8) is 0 Å². The quantitative estimate of drug-likeness (QED) is 0.393. The first kappa shape index (κ1) is 32.9. The van der Waals surface area contributed by atoms with Gasteiger partial charge >= 0.3 is 6.18 Å². The number of alkyl halides is 3. The van der Waals surface area contributed by atoms with Gasteiger partial charge in [-0.2, -0.15) is 24.9 Å². The van der Waals surface area contributed by atoms with Gasteiger partial charge in [0.05, 0.1) is 23.5 Å². The lowest BCUT2D eigenvalue weighted by Gasteiger charge is -2.38. The molecule has 0 saturated heterocycles. The molecule has 5 rings (SSSR count). The van der Waals surface area contributed by atoms with Gasteiger partial charge in [-0.3, -0.25) is 4.98 Å². The average molecular weight is 580 g/mol. The van der Waals surface area contributed by atoms with Crippen molar-refractivity contribution in [1.29, 1.82) is 0 Å². The lowest BCUT2D eigenvalue weighted by Crippen LogP contribution is -2.29. The molecule has 1 aromatic heterocycles. The average Bonchev–Trinajstić information content (AvgIpc) is 3.23. The molecule has 3 aliphatic rings. The van der Waals surface area contributed by atoms with Gasteiger partial charge in [-0.25, -0.2) is 0 Å². The summed E-state index contributed by atoms with van der Waals surface area (Å²) in [6, 6.07) is 5.31. The van der Waals surface area contributed by atoms with Crippen LogP contribution < -0.4 is 0 Å². The molecule has 40 heavy (non-hydrogen) atoms. The molecule has 1 aliphatic heterocycles. The number of rotatable bonds is 3. The van der Waals surface area contributed by atoms with Crippen LogP contribution in [0.3, 0.4) is 0 Å². The number of thioether (sulfide) groups is 1. The third-order valence-electron chi connectivity index (χ3n) is 7.98. The topological polar surface area (TPSA) is 42.4 Å². The molecule has 0 spiro atoms. The van der Waals surface area contributed by atoms with E-state index in [-0.39, 0.29) is 11.5 Å². The second kappa shape index (κ2) is 14.1. The molecule has 0 bridgehead atoms. The molecule has 0 radical (unpaired) electrons. The van der Waals surface area contributed by atoms with Crippen LogP contribution in [0, 0.1) is 5.41 Å². The number of pyridine rings is 1. The van der Waals surface area contributed by atoms with Crippen LogP contribution in [-0.4, -0.2) is 22.1 Å². The van der Waals surface area contributed by atoms with E-state index < -0.39 is 23.9 Å². The van der Waals surface area contributed by atoms with Gasteiger partial charge in [0, 0.05) is 16.8 Å². The minimum absolute atomic E-state index is 0.0347. The zero-order valence-electron chi connectivity index (χ0n) is 25.3. The summed E-state index contributed by atoms with van der Waals surface area (Å²) in [6.45, 7) is 12.7. The van der Waals surface area contributed by atoms with Crippen molar-refractivity contribution >= 4 is 11.8 Å². The maximum atomic E-state index is 13.1. The summed E-state index contributed by atoms with van der Waals surface area (Å²) in [7, 11) is 0. The second-order valence-corrected chi connectivity index (χ2v) is 13.3. The summed E-state index contributed by atoms with van der Waals surface area (Å²) in [5.41, 5.74) is 5.01. The highest BCUT2D eigenvalue weighted by Crippen LogP contribution is 2.53. The summed E-state index contributed by atoms with van der Waals surface area (Å²) in [5.74, 6) is 1.56. The Labute approximate surface area is 243 Å². The van der Waals surface area contributed by atoms with Gasteiger partial charge in [-0.15, -0.1) is 0 Å². The number of aromatic nitrogens is 1. The van der Waals surface area contributed by atoms with Crippen LogP contribution in [0.5, 0.6) is 0 Å². The van der Waals surface area contributed by atoms with Crippen LogP contribution in [0.2, 0.25) is 0 Å². The smallest absolute Gasteiger partial charge is 0.388 e. The number of aliphatic hydroxyl groups excluding tert-OH is 1. The number of ether oxygens (including phenoxy) is 1.